The van der Waals surface area contributed by atoms with Gasteiger partial charge in [0.25, 0.3) is 0 Å². The SMILES string of the molecule is CC(c1ccccc1F)N(C)CC=CCS. The molecule has 0 saturated carbocycles. The summed E-state index contributed by atoms with van der Waals surface area (Å²) in [5.41, 5.74) is 0.740. The van der Waals surface area contributed by atoms with Gasteiger partial charge in [-0.25, -0.2) is 4.39 Å². The second-order valence-electron chi connectivity index (χ2n) is 3.79. The molecule has 16 heavy (non-hydrogen) atoms. The molecule has 0 amide bonds. The van der Waals surface area contributed by atoms with Crippen molar-refractivity contribution in [1.82, 2.24) is 4.90 Å². The van der Waals surface area contributed by atoms with Gasteiger partial charge in [0.05, 0.1) is 0 Å². The Morgan fingerprint density at radius 3 is 2.69 bits per heavy atom. The fourth-order valence-corrected chi connectivity index (χ4v) is 1.67. The normalized spacial score (nSPS) is 13.6. The van der Waals surface area contributed by atoms with Gasteiger partial charge in [-0.15, -0.1) is 0 Å². The largest absolute Gasteiger partial charge is 0.296 e. The number of nitrogens with zero attached hydrogens (tertiary/aromatic N) is 1. The molecule has 1 rings (SSSR count). The maximum absolute atomic E-state index is 13.5. The molecular formula is C13H18FNS. The summed E-state index contributed by atoms with van der Waals surface area (Å²) in [6.45, 7) is 2.81. The molecule has 1 nitrogen and oxygen atoms in total. The van der Waals surface area contributed by atoms with Crippen molar-refractivity contribution in [3.63, 3.8) is 0 Å². The predicted octanol–water partition coefficient (Wildman–Crippen LogP) is 3.30. The van der Waals surface area contributed by atoms with E-state index in [-0.39, 0.29) is 11.9 Å². The highest BCUT2D eigenvalue weighted by Crippen LogP contribution is 2.21. The van der Waals surface area contributed by atoms with E-state index in [2.05, 4.69) is 17.5 Å². The summed E-state index contributed by atoms with van der Waals surface area (Å²) in [5.74, 6) is 0.599. The molecule has 1 aromatic carbocycles. The van der Waals surface area contributed by atoms with E-state index in [1.165, 1.54) is 6.07 Å². The molecule has 0 heterocycles. The lowest BCUT2D eigenvalue weighted by Gasteiger charge is -2.24. The van der Waals surface area contributed by atoms with Crippen molar-refractivity contribution in [1.29, 1.82) is 0 Å². The van der Waals surface area contributed by atoms with Crippen LogP contribution in [0.2, 0.25) is 0 Å². The van der Waals surface area contributed by atoms with Crippen LogP contribution in [0.4, 0.5) is 4.39 Å². The Kier molecular flexibility index (Phi) is 5.56. The topological polar surface area (TPSA) is 3.24 Å². The van der Waals surface area contributed by atoms with Gasteiger partial charge in [0.15, 0.2) is 0 Å². The third-order valence-corrected chi connectivity index (χ3v) is 2.89. The number of hydrogen-bond acceptors (Lipinski definition) is 2. The van der Waals surface area contributed by atoms with Crippen molar-refractivity contribution < 1.29 is 4.39 Å². The molecular weight excluding hydrogens is 221 g/mol. The first kappa shape index (κ1) is 13.3. The lowest BCUT2D eigenvalue weighted by molar-refractivity contribution is 0.283. The van der Waals surface area contributed by atoms with Crippen LogP contribution >= 0.6 is 12.6 Å². The summed E-state index contributed by atoms with van der Waals surface area (Å²) >= 11 is 4.10. The van der Waals surface area contributed by atoms with E-state index in [0.29, 0.717) is 0 Å². The zero-order valence-electron chi connectivity index (χ0n) is 9.73. The first-order chi connectivity index (χ1) is 7.66. The van der Waals surface area contributed by atoms with E-state index in [4.69, 9.17) is 0 Å². The minimum atomic E-state index is -0.139. The number of likely N-dealkylation sites (N-methyl/N-ethyl adjacent to an activating group) is 1. The van der Waals surface area contributed by atoms with Crippen LogP contribution in [0.25, 0.3) is 0 Å². The number of halogens is 1. The maximum atomic E-state index is 13.5. The van der Waals surface area contributed by atoms with Gasteiger partial charge in [0.1, 0.15) is 5.82 Å². The molecule has 3 heteroatoms. The number of rotatable bonds is 5. The minimum absolute atomic E-state index is 0.0748. The molecule has 0 aliphatic rings. The summed E-state index contributed by atoms with van der Waals surface area (Å²) in [6.07, 6.45) is 4.04. The Morgan fingerprint density at radius 1 is 1.38 bits per heavy atom. The van der Waals surface area contributed by atoms with Crippen molar-refractivity contribution in [2.75, 3.05) is 19.3 Å². The van der Waals surface area contributed by atoms with Gasteiger partial charge in [0.2, 0.25) is 0 Å². The molecule has 1 atom stereocenters. The zero-order valence-corrected chi connectivity index (χ0v) is 10.6. The van der Waals surface area contributed by atoms with Gasteiger partial charge in [-0.1, -0.05) is 30.4 Å². The highest BCUT2D eigenvalue weighted by atomic mass is 32.1. The van der Waals surface area contributed by atoms with Crippen LogP contribution in [0.1, 0.15) is 18.5 Å². The lowest BCUT2D eigenvalue weighted by Crippen LogP contribution is -2.23. The Morgan fingerprint density at radius 2 is 2.06 bits per heavy atom. The second kappa shape index (κ2) is 6.71. The van der Waals surface area contributed by atoms with Gasteiger partial charge in [-0.2, -0.15) is 12.6 Å². The quantitative estimate of drug-likeness (QED) is 0.609. The van der Waals surface area contributed by atoms with Crippen LogP contribution in [0.15, 0.2) is 36.4 Å². The fourth-order valence-electron chi connectivity index (χ4n) is 1.52. The van der Waals surface area contributed by atoms with E-state index in [9.17, 15) is 4.39 Å². The zero-order chi connectivity index (χ0) is 12.0. The van der Waals surface area contributed by atoms with Crippen molar-refractivity contribution in [3.8, 4) is 0 Å². The summed E-state index contributed by atoms with van der Waals surface area (Å²) in [5, 5.41) is 0. The van der Waals surface area contributed by atoms with Crippen LogP contribution in [-0.2, 0) is 0 Å². The molecule has 0 N–H and O–H groups in total. The van der Waals surface area contributed by atoms with E-state index >= 15 is 0 Å². The van der Waals surface area contributed by atoms with Crippen molar-refractivity contribution >= 4 is 12.6 Å². The summed E-state index contributed by atoms with van der Waals surface area (Å²) in [7, 11) is 1.99. The average molecular weight is 239 g/mol. The fraction of sp³-hybridized carbons (Fsp3) is 0.385. The van der Waals surface area contributed by atoms with Gasteiger partial charge >= 0.3 is 0 Å². The molecule has 0 radical (unpaired) electrons. The van der Waals surface area contributed by atoms with E-state index < -0.39 is 0 Å². The standard InChI is InChI=1S/C13H18FNS/c1-11(15(2)9-5-6-10-16)12-7-3-4-8-13(12)14/h3-8,11,16H,9-10H2,1-2H3. The Hall–Kier alpha value is -0.800. The Balaban J connectivity index is 2.66. The van der Waals surface area contributed by atoms with Gasteiger partial charge < -0.3 is 0 Å². The first-order valence-electron chi connectivity index (χ1n) is 5.37. The minimum Gasteiger partial charge on any atom is -0.296 e. The van der Waals surface area contributed by atoms with E-state index in [0.717, 1.165) is 17.9 Å². The molecule has 0 fully saturated rings. The molecule has 0 bridgehead atoms. The maximum Gasteiger partial charge on any atom is 0.127 e. The van der Waals surface area contributed by atoms with E-state index in [1.54, 1.807) is 6.07 Å². The average Bonchev–Trinajstić information content (AvgIpc) is 2.29. The van der Waals surface area contributed by atoms with Crippen LogP contribution in [0.5, 0.6) is 0 Å². The van der Waals surface area contributed by atoms with Crippen molar-refractivity contribution in [2.45, 2.75) is 13.0 Å². The highest BCUT2D eigenvalue weighted by molar-refractivity contribution is 7.80. The number of hydrogen-bond donors (Lipinski definition) is 1. The van der Waals surface area contributed by atoms with Crippen LogP contribution in [-0.4, -0.2) is 24.2 Å². The van der Waals surface area contributed by atoms with Crippen molar-refractivity contribution in [2.24, 2.45) is 0 Å². The van der Waals surface area contributed by atoms with Gasteiger partial charge in [-0.05, 0) is 20.0 Å². The van der Waals surface area contributed by atoms with Gasteiger partial charge in [0, 0.05) is 23.9 Å². The molecule has 1 aromatic rings. The molecule has 0 aliphatic carbocycles. The summed E-state index contributed by atoms with van der Waals surface area (Å²) in [4.78, 5) is 2.10. The predicted molar refractivity (Wildman–Crippen MR) is 70.4 cm³/mol. The second-order valence-corrected chi connectivity index (χ2v) is 4.16. The van der Waals surface area contributed by atoms with Crippen molar-refractivity contribution in [3.05, 3.63) is 47.8 Å². The summed E-state index contributed by atoms with van der Waals surface area (Å²) < 4.78 is 13.5. The third kappa shape index (κ3) is 3.65. The lowest BCUT2D eigenvalue weighted by atomic mass is 10.1. The molecule has 1 unspecified atom stereocenters. The summed E-state index contributed by atoms with van der Waals surface area (Å²) in [6, 6.07) is 6.99. The highest BCUT2D eigenvalue weighted by Gasteiger charge is 2.13. The van der Waals surface area contributed by atoms with Crippen LogP contribution in [0, 0.1) is 5.82 Å². The number of benzene rings is 1. The molecule has 0 spiro atoms. The Labute approximate surface area is 102 Å². The van der Waals surface area contributed by atoms with E-state index in [1.807, 2.05) is 38.3 Å². The number of thiol groups is 1. The molecule has 0 aliphatic heterocycles. The molecule has 0 aromatic heterocycles. The van der Waals surface area contributed by atoms with Crippen LogP contribution in [0.3, 0.4) is 0 Å². The Bertz CT molecular complexity index is 352. The van der Waals surface area contributed by atoms with Crippen LogP contribution < -0.4 is 0 Å². The van der Waals surface area contributed by atoms with Gasteiger partial charge in [-0.3, -0.25) is 4.90 Å². The monoisotopic (exact) mass is 239 g/mol. The first-order valence-corrected chi connectivity index (χ1v) is 6.00. The molecule has 0 saturated heterocycles. The third-order valence-electron chi connectivity index (χ3n) is 2.68. The smallest absolute Gasteiger partial charge is 0.127 e. The molecule has 88 valence electrons.